The van der Waals surface area contributed by atoms with E-state index in [-0.39, 0.29) is 11.8 Å². The van der Waals surface area contributed by atoms with E-state index in [0.717, 1.165) is 5.75 Å². The van der Waals surface area contributed by atoms with E-state index < -0.39 is 9.84 Å². The summed E-state index contributed by atoms with van der Waals surface area (Å²) in [6.45, 7) is 4.21. The summed E-state index contributed by atoms with van der Waals surface area (Å²) < 4.78 is 21.8. The van der Waals surface area contributed by atoms with Crippen molar-refractivity contribution in [3.63, 3.8) is 0 Å². The SMILES string of the molecule is CC(C)SCC(CCS(C)(=O)=O)NN. The van der Waals surface area contributed by atoms with E-state index in [1.807, 2.05) is 0 Å². The first-order valence-electron chi connectivity index (χ1n) is 4.60. The van der Waals surface area contributed by atoms with Crippen molar-refractivity contribution < 1.29 is 8.42 Å². The zero-order valence-corrected chi connectivity index (χ0v) is 10.6. The van der Waals surface area contributed by atoms with E-state index >= 15 is 0 Å². The number of nitrogens with two attached hydrogens (primary N) is 1. The molecular formula is C8H20N2O2S2. The van der Waals surface area contributed by atoms with E-state index in [1.165, 1.54) is 6.26 Å². The van der Waals surface area contributed by atoms with Crippen LogP contribution in [-0.4, -0.2) is 37.5 Å². The number of hydrogen-bond acceptors (Lipinski definition) is 5. The van der Waals surface area contributed by atoms with Gasteiger partial charge in [-0.2, -0.15) is 11.8 Å². The fraction of sp³-hybridized carbons (Fsp3) is 1.00. The van der Waals surface area contributed by atoms with Crippen molar-refractivity contribution in [2.75, 3.05) is 17.8 Å². The van der Waals surface area contributed by atoms with Gasteiger partial charge in [-0.1, -0.05) is 13.8 Å². The second-order valence-corrected chi connectivity index (χ2v) is 7.53. The lowest BCUT2D eigenvalue weighted by Gasteiger charge is -2.15. The highest BCUT2D eigenvalue weighted by molar-refractivity contribution is 7.99. The number of sulfone groups is 1. The zero-order chi connectivity index (χ0) is 11.2. The molecule has 0 fully saturated rings. The second kappa shape index (κ2) is 6.66. The normalized spacial score (nSPS) is 14.6. The van der Waals surface area contributed by atoms with Crippen molar-refractivity contribution >= 4 is 21.6 Å². The Morgan fingerprint density at radius 3 is 2.36 bits per heavy atom. The van der Waals surface area contributed by atoms with E-state index in [2.05, 4.69) is 19.3 Å². The fourth-order valence-corrected chi connectivity index (χ4v) is 2.47. The van der Waals surface area contributed by atoms with Gasteiger partial charge in [0.25, 0.3) is 0 Å². The van der Waals surface area contributed by atoms with E-state index in [1.54, 1.807) is 11.8 Å². The molecule has 14 heavy (non-hydrogen) atoms. The van der Waals surface area contributed by atoms with Gasteiger partial charge in [-0.15, -0.1) is 0 Å². The van der Waals surface area contributed by atoms with Crippen LogP contribution in [0, 0.1) is 0 Å². The van der Waals surface area contributed by atoms with Gasteiger partial charge in [0.2, 0.25) is 0 Å². The summed E-state index contributed by atoms with van der Waals surface area (Å²) in [5.74, 6) is 6.38. The Labute approximate surface area is 90.9 Å². The molecule has 0 aliphatic rings. The highest BCUT2D eigenvalue weighted by Gasteiger charge is 2.11. The Morgan fingerprint density at radius 2 is 2.00 bits per heavy atom. The van der Waals surface area contributed by atoms with E-state index in [0.29, 0.717) is 11.7 Å². The molecule has 0 spiro atoms. The predicted molar refractivity (Wildman–Crippen MR) is 63.0 cm³/mol. The lowest BCUT2D eigenvalue weighted by Crippen LogP contribution is -2.38. The van der Waals surface area contributed by atoms with Crippen LogP contribution in [0.25, 0.3) is 0 Å². The molecule has 0 aromatic heterocycles. The first-order chi connectivity index (χ1) is 6.35. The molecule has 1 atom stereocenters. The number of nitrogens with one attached hydrogen (secondary N) is 1. The predicted octanol–water partition coefficient (Wildman–Crippen LogP) is 0.395. The Kier molecular flexibility index (Phi) is 6.76. The highest BCUT2D eigenvalue weighted by atomic mass is 32.2. The third-order valence-corrected chi connectivity index (χ3v) is 3.94. The van der Waals surface area contributed by atoms with Crippen LogP contribution in [0.1, 0.15) is 20.3 Å². The molecule has 6 heteroatoms. The summed E-state index contributed by atoms with van der Waals surface area (Å²) in [4.78, 5) is 0. The van der Waals surface area contributed by atoms with Gasteiger partial charge in [0, 0.05) is 18.1 Å². The summed E-state index contributed by atoms with van der Waals surface area (Å²) in [5, 5.41) is 0.545. The van der Waals surface area contributed by atoms with Crippen LogP contribution in [0.15, 0.2) is 0 Å². The van der Waals surface area contributed by atoms with Crippen LogP contribution < -0.4 is 11.3 Å². The first-order valence-corrected chi connectivity index (χ1v) is 7.71. The number of hydrazine groups is 1. The monoisotopic (exact) mass is 240 g/mol. The van der Waals surface area contributed by atoms with Crippen molar-refractivity contribution in [3.8, 4) is 0 Å². The zero-order valence-electron chi connectivity index (χ0n) is 8.99. The largest absolute Gasteiger partial charge is 0.271 e. The fourth-order valence-electron chi connectivity index (χ4n) is 0.880. The van der Waals surface area contributed by atoms with Gasteiger partial charge >= 0.3 is 0 Å². The first kappa shape index (κ1) is 14.2. The van der Waals surface area contributed by atoms with Crippen molar-refractivity contribution in [3.05, 3.63) is 0 Å². The van der Waals surface area contributed by atoms with Crippen LogP contribution in [0.2, 0.25) is 0 Å². The summed E-state index contributed by atoms with van der Waals surface area (Å²) in [6.07, 6.45) is 1.82. The smallest absolute Gasteiger partial charge is 0.147 e. The van der Waals surface area contributed by atoms with Crippen LogP contribution in [0.4, 0.5) is 0 Å². The van der Waals surface area contributed by atoms with Crippen LogP contribution in [0.3, 0.4) is 0 Å². The van der Waals surface area contributed by atoms with Crippen LogP contribution in [-0.2, 0) is 9.84 Å². The number of thioether (sulfide) groups is 1. The van der Waals surface area contributed by atoms with Gasteiger partial charge in [0.1, 0.15) is 9.84 Å². The highest BCUT2D eigenvalue weighted by Crippen LogP contribution is 2.12. The van der Waals surface area contributed by atoms with Gasteiger partial charge in [0.05, 0.1) is 5.75 Å². The minimum absolute atomic E-state index is 0.0807. The molecule has 0 aliphatic heterocycles. The topological polar surface area (TPSA) is 72.2 Å². The van der Waals surface area contributed by atoms with Gasteiger partial charge in [-0.25, -0.2) is 8.42 Å². The minimum Gasteiger partial charge on any atom is -0.271 e. The van der Waals surface area contributed by atoms with Gasteiger partial charge < -0.3 is 0 Å². The summed E-state index contributed by atoms with van der Waals surface area (Å²) in [6, 6.07) is 0.0807. The quantitative estimate of drug-likeness (QED) is 0.498. The van der Waals surface area contributed by atoms with Crippen molar-refractivity contribution in [1.29, 1.82) is 0 Å². The molecule has 0 amide bonds. The van der Waals surface area contributed by atoms with Crippen molar-refractivity contribution in [2.24, 2.45) is 5.84 Å². The van der Waals surface area contributed by atoms with Gasteiger partial charge in [-0.05, 0) is 11.7 Å². The lowest BCUT2D eigenvalue weighted by atomic mass is 10.3. The summed E-state index contributed by atoms with van der Waals surface area (Å²) in [5.41, 5.74) is 2.64. The van der Waals surface area contributed by atoms with Crippen molar-refractivity contribution in [1.82, 2.24) is 5.43 Å². The maximum Gasteiger partial charge on any atom is 0.147 e. The Balaban J connectivity index is 3.80. The molecule has 0 aromatic rings. The Hall–Kier alpha value is 0.220. The number of hydrogen-bond donors (Lipinski definition) is 2. The maximum atomic E-state index is 10.9. The van der Waals surface area contributed by atoms with Gasteiger partial charge in [-0.3, -0.25) is 11.3 Å². The van der Waals surface area contributed by atoms with Gasteiger partial charge in [0.15, 0.2) is 0 Å². The maximum absolute atomic E-state index is 10.9. The molecule has 0 aromatic carbocycles. The Morgan fingerprint density at radius 1 is 1.43 bits per heavy atom. The van der Waals surface area contributed by atoms with Crippen molar-refractivity contribution in [2.45, 2.75) is 31.6 Å². The van der Waals surface area contributed by atoms with Crippen LogP contribution >= 0.6 is 11.8 Å². The average molecular weight is 240 g/mol. The lowest BCUT2D eigenvalue weighted by molar-refractivity contribution is 0.550. The molecule has 1 unspecified atom stereocenters. The molecule has 0 saturated heterocycles. The third-order valence-electron chi connectivity index (χ3n) is 1.70. The standard InChI is InChI=1S/C8H20N2O2S2/c1-7(2)13-6-8(10-9)4-5-14(3,11)12/h7-8,10H,4-6,9H2,1-3H3. The van der Waals surface area contributed by atoms with E-state index in [9.17, 15) is 8.42 Å². The molecule has 0 radical (unpaired) electrons. The summed E-state index contributed by atoms with van der Waals surface area (Å²) >= 11 is 1.78. The third kappa shape index (κ3) is 8.80. The molecule has 3 N–H and O–H groups in total. The Bertz CT molecular complexity index is 240. The molecular weight excluding hydrogens is 220 g/mol. The molecule has 0 bridgehead atoms. The van der Waals surface area contributed by atoms with Crippen LogP contribution in [0.5, 0.6) is 0 Å². The minimum atomic E-state index is -2.87. The molecule has 4 nitrogen and oxygen atoms in total. The van der Waals surface area contributed by atoms with E-state index in [4.69, 9.17) is 5.84 Å². The molecule has 0 rings (SSSR count). The summed E-state index contributed by atoms with van der Waals surface area (Å²) in [7, 11) is -2.87. The number of rotatable bonds is 7. The molecule has 0 aliphatic carbocycles. The molecule has 86 valence electrons. The average Bonchev–Trinajstić information content (AvgIpc) is 2.02. The molecule has 0 saturated carbocycles. The molecule has 0 heterocycles. The second-order valence-electron chi connectivity index (χ2n) is 3.66.